The fourth-order valence-electron chi connectivity index (χ4n) is 6.72. The SMILES string of the molecule is CC(C)(C)[Si]1(c2ccccc2)C(c2ccc(F)c(F)c2)=C(c2ccccc2)C(c2ccccc2)=C1c1ccc(F)c(F)c1. The standard InChI is InChI=1S/C38H30F4Si/c1-38(2,3)43(29-17-11-6-12-18-29)36(27-19-21-30(39)32(41)23-27)34(25-13-7-4-8-14-25)35(26-15-9-5-10-16-26)37(43)28-20-22-31(40)33(42)24-28/h4-24H,1-3H3. The van der Waals surface area contributed by atoms with E-state index in [4.69, 9.17) is 0 Å². The van der Waals surface area contributed by atoms with Crippen LogP contribution >= 0.6 is 0 Å². The second kappa shape index (κ2) is 11.0. The van der Waals surface area contributed by atoms with Crippen LogP contribution in [-0.2, 0) is 0 Å². The zero-order chi connectivity index (χ0) is 30.4. The van der Waals surface area contributed by atoms with Gasteiger partial charge in [-0.25, -0.2) is 17.6 Å². The minimum Gasteiger partial charge on any atom is -0.204 e. The molecule has 1 aliphatic heterocycles. The van der Waals surface area contributed by atoms with Crippen molar-refractivity contribution in [3.63, 3.8) is 0 Å². The summed E-state index contributed by atoms with van der Waals surface area (Å²) in [5.41, 5.74) is 4.68. The summed E-state index contributed by atoms with van der Waals surface area (Å²) < 4.78 is 59.2. The molecule has 214 valence electrons. The monoisotopic (exact) mass is 590 g/mol. The molecule has 5 aromatic carbocycles. The van der Waals surface area contributed by atoms with Crippen LogP contribution in [0.2, 0.25) is 5.04 Å². The predicted molar refractivity (Wildman–Crippen MR) is 171 cm³/mol. The molecule has 0 unspecified atom stereocenters. The first-order chi connectivity index (χ1) is 20.6. The summed E-state index contributed by atoms with van der Waals surface area (Å²) in [7, 11) is -3.34. The van der Waals surface area contributed by atoms with Crippen molar-refractivity contribution < 1.29 is 17.6 Å². The first-order valence-electron chi connectivity index (χ1n) is 14.2. The maximum Gasteiger partial charge on any atom is 0.159 e. The van der Waals surface area contributed by atoms with E-state index in [0.717, 1.165) is 37.9 Å². The van der Waals surface area contributed by atoms with Gasteiger partial charge in [0, 0.05) is 0 Å². The highest BCUT2D eigenvalue weighted by Gasteiger charge is 2.58. The minimum absolute atomic E-state index is 0.481. The number of hydrogen-bond donors (Lipinski definition) is 0. The summed E-state index contributed by atoms with van der Waals surface area (Å²) in [4.78, 5) is 0. The molecule has 0 N–H and O–H groups in total. The van der Waals surface area contributed by atoms with Crippen molar-refractivity contribution in [1.29, 1.82) is 0 Å². The van der Waals surface area contributed by atoms with Gasteiger partial charge < -0.3 is 0 Å². The summed E-state index contributed by atoms with van der Waals surface area (Å²) in [6.07, 6.45) is 0. The van der Waals surface area contributed by atoms with Crippen molar-refractivity contribution in [1.82, 2.24) is 0 Å². The van der Waals surface area contributed by atoms with Crippen LogP contribution in [0.1, 0.15) is 43.0 Å². The third kappa shape index (κ3) is 4.68. The van der Waals surface area contributed by atoms with Crippen LogP contribution in [0.5, 0.6) is 0 Å². The Morgan fingerprint density at radius 3 is 1.14 bits per heavy atom. The summed E-state index contributed by atoms with van der Waals surface area (Å²) in [5, 5.41) is 2.34. The van der Waals surface area contributed by atoms with Gasteiger partial charge in [-0.05, 0) is 78.3 Å². The largest absolute Gasteiger partial charge is 0.204 e. The van der Waals surface area contributed by atoms with Crippen LogP contribution < -0.4 is 5.19 Å². The molecule has 0 fully saturated rings. The van der Waals surface area contributed by atoms with E-state index in [2.05, 4.69) is 32.9 Å². The van der Waals surface area contributed by atoms with Crippen molar-refractivity contribution >= 4 is 34.8 Å². The highest BCUT2D eigenvalue weighted by molar-refractivity contribution is 7.23. The zero-order valence-electron chi connectivity index (χ0n) is 24.1. The first-order valence-corrected chi connectivity index (χ1v) is 16.2. The molecule has 0 radical (unpaired) electrons. The van der Waals surface area contributed by atoms with Gasteiger partial charge in [0.2, 0.25) is 0 Å². The van der Waals surface area contributed by atoms with Crippen LogP contribution in [0.15, 0.2) is 127 Å². The molecule has 0 aromatic heterocycles. The van der Waals surface area contributed by atoms with Crippen LogP contribution in [0.25, 0.3) is 21.5 Å². The molecule has 5 aromatic rings. The van der Waals surface area contributed by atoms with Crippen LogP contribution in [-0.4, -0.2) is 8.07 Å². The lowest BCUT2D eigenvalue weighted by molar-refractivity contribution is 0.508. The molecule has 1 aliphatic rings. The number of rotatable bonds is 5. The van der Waals surface area contributed by atoms with Gasteiger partial charge in [-0.1, -0.05) is 124 Å². The molecule has 5 heteroatoms. The molecular weight excluding hydrogens is 560 g/mol. The zero-order valence-corrected chi connectivity index (χ0v) is 25.1. The van der Waals surface area contributed by atoms with Gasteiger partial charge in [0.25, 0.3) is 0 Å². The van der Waals surface area contributed by atoms with Gasteiger partial charge in [0.1, 0.15) is 0 Å². The fraction of sp³-hybridized carbons (Fsp3) is 0.105. The average molecular weight is 591 g/mol. The minimum atomic E-state index is -3.34. The number of allylic oxidation sites excluding steroid dienone is 2. The smallest absolute Gasteiger partial charge is 0.159 e. The maximum absolute atomic E-state index is 15.2. The van der Waals surface area contributed by atoms with Crippen LogP contribution in [0, 0.1) is 23.3 Å². The Balaban J connectivity index is 1.92. The quantitative estimate of drug-likeness (QED) is 0.141. The molecule has 0 saturated heterocycles. The van der Waals surface area contributed by atoms with Crippen LogP contribution in [0.3, 0.4) is 0 Å². The van der Waals surface area contributed by atoms with Gasteiger partial charge in [-0.3, -0.25) is 0 Å². The third-order valence-corrected chi connectivity index (χ3v) is 14.4. The van der Waals surface area contributed by atoms with Crippen molar-refractivity contribution in [2.24, 2.45) is 0 Å². The molecular formula is C38H30F4Si. The van der Waals surface area contributed by atoms with Gasteiger partial charge in [-0.15, -0.1) is 0 Å². The predicted octanol–water partition coefficient (Wildman–Crippen LogP) is 10.0. The molecule has 6 rings (SSSR count). The Kier molecular flexibility index (Phi) is 7.31. The van der Waals surface area contributed by atoms with E-state index in [1.54, 1.807) is 12.1 Å². The van der Waals surface area contributed by atoms with E-state index in [1.165, 1.54) is 24.3 Å². The Labute approximate surface area is 250 Å². The van der Waals surface area contributed by atoms with E-state index in [9.17, 15) is 8.78 Å². The highest BCUT2D eigenvalue weighted by atomic mass is 28.3. The molecule has 1 heterocycles. The molecule has 0 saturated carbocycles. The van der Waals surface area contributed by atoms with Crippen molar-refractivity contribution in [2.45, 2.75) is 25.8 Å². The highest BCUT2D eigenvalue weighted by Crippen LogP contribution is 2.62. The first kappa shape index (κ1) is 28.6. The summed E-state index contributed by atoms with van der Waals surface area (Å²) >= 11 is 0. The van der Waals surface area contributed by atoms with Crippen molar-refractivity contribution in [3.8, 4) is 0 Å². The molecule has 0 spiro atoms. The Morgan fingerprint density at radius 2 is 0.791 bits per heavy atom. The van der Waals surface area contributed by atoms with Crippen molar-refractivity contribution in [2.75, 3.05) is 0 Å². The lowest BCUT2D eigenvalue weighted by atomic mass is 9.89. The van der Waals surface area contributed by atoms with Crippen LogP contribution in [0.4, 0.5) is 17.6 Å². The Bertz CT molecular complexity index is 1760. The lowest BCUT2D eigenvalue weighted by Crippen LogP contribution is -2.56. The molecule has 0 bridgehead atoms. The normalized spacial score (nSPS) is 14.9. The van der Waals surface area contributed by atoms with Gasteiger partial charge in [0.05, 0.1) is 0 Å². The fourth-order valence-corrected chi connectivity index (χ4v) is 13.1. The molecule has 0 aliphatic carbocycles. The lowest BCUT2D eigenvalue weighted by Gasteiger charge is -2.45. The molecule has 43 heavy (non-hydrogen) atoms. The number of hydrogen-bond acceptors (Lipinski definition) is 0. The summed E-state index contributed by atoms with van der Waals surface area (Å²) in [5.74, 6) is -3.73. The second-order valence-corrected chi connectivity index (χ2v) is 16.4. The Hall–Kier alpha value is -4.48. The van der Waals surface area contributed by atoms with Gasteiger partial charge in [-0.2, -0.15) is 0 Å². The van der Waals surface area contributed by atoms with Gasteiger partial charge in [0.15, 0.2) is 31.3 Å². The molecule has 0 nitrogen and oxygen atoms in total. The average Bonchev–Trinajstić information content (AvgIpc) is 3.34. The van der Waals surface area contributed by atoms with Crippen molar-refractivity contribution in [3.05, 3.63) is 173 Å². The van der Waals surface area contributed by atoms with E-state index in [0.29, 0.717) is 11.1 Å². The van der Waals surface area contributed by atoms with Gasteiger partial charge >= 0.3 is 0 Å². The maximum atomic E-state index is 15.2. The van der Waals surface area contributed by atoms with E-state index >= 15 is 8.78 Å². The molecule has 0 atom stereocenters. The van der Waals surface area contributed by atoms with E-state index in [1.807, 2.05) is 78.9 Å². The van der Waals surface area contributed by atoms with E-state index < -0.39 is 36.4 Å². The summed E-state index contributed by atoms with van der Waals surface area (Å²) in [6.45, 7) is 6.47. The van der Waals surface area contributed by atoms with E-state index in [-0.39, 0.29) is 0 Å². The number of benzene rings is 5. The summed E-state index contributed by atoms with van der Waals surface area (Å²) in [6, 6.07) is 38.0. The third-order valence-electron chi connectivity index (χ3n) is 8.37. The Morgan fingerprint density at radius 1 is 0.419 bits per heavy atom. The second-order valence-electron chi connectivity index (χ2n) is 11.9. The molecule has 0 amide bonds. The number of halogens is 4. The topological polar surface area (TPSA) is 0 Å².